The van der Waals surface area contributed by atoms with Crippen LogP contribution in [0.2, 0.25) is 0 Å². The fraction of sp³-hybridized carbons (Fsp3) is 0.917. The van der Waals surface area contributed by atoms with Crippen molar-refractivity contribution in [1.82, 2.24) is 0 Å². The Labute approximate surface area is 108 Å². The van der Waals surface area contributed by atoms with E-state index < -0.39 is 0 Å². The Balaban J connectivity index is 2.98. The van der Waals surface area contributed by atoms with Gasteiger partial charge < -0.3 is 0 Å². The number of carbonyl (C=O) groups excluding carboxylic acids is 1. The van der Waals surface area contributed by atoms with E-state index >= 15 is 0 Å². The Bertz CT molecular complexity index is 230. The fourth-order valence-electron chi connectivity index (χ4n) is 1.61. The molecular formula is C12H23N3OS. The average Bonchev–Trinajstić information content (AvgIpc) is 2.30. The van der Waals surface area contributed by atoms with E-state index in [0.717, 1.165) is 18.6 Å². The Morgan fingerprint density at radius 1 is 1.06 bits per heavy atom. The fourth-order valence-corrected chi connectivity index (χ4v) is 2.24. The number of azide groups is 1. The van der Waals surface area contributed by atoms with Gasteiger partial charge in [0.15, 0.2) is 5.12 Å². The molecule has 0 amide bonds. The molecule has 0 bridgehead atoms. The normalized spacial score (nSPS) is 9.94. The quantitative estimate of drug-likeness (QED) is 0.233. The maximum Gasteiger partial charge on any atom is 0.185 e. The lowest BCUT2D eigenvalue weighted by Gasteiger charge is -2.01. The lowest BCUT2D eigenvalue weighted by molar-refractivity contribution is -0.109. The van der Waals surface area contributed by atoms with Gasteiger partial charge in [-0.1, -0.05) is 55.4 Å². The molecule has 0 saturated heterocycles. The molecule has 0 N–H and O–H groups in total. The van der Waals surface area contributed by atoms with Gasteiger partial charge >= 0.3 is 0 Å². The number of hydrogen-bond donors (Lipinski definition) is 0. The molecule has 0 aromatic heterocycles. The van der Waals surface area contributed by atoms with Crippen LogP contribution in [0.3, 0.4) is 0 Å². The van der Waals surface area contributed by atoms with Crippen molar-refractivity contribution in [2.24, 2.45) is 5.11 Å². The Morgan fingerprint density at radius 3 is 2.12 bits per heavy atom. The SMILES string of the molecule is CC(=O)SCCCCCCCCCCN=[N+]=[N-]. The van der Waals surface area contributed by atoms with E-state index in [0.29, 0.717) is 6.54 Å². The van der Waals surface area contributed by atoms with Crippen molar-refractivity contribution in [3.63, 3.8) is 0 Å². The first-order valence-electron chi connectivity index (χ1n) is 6.41. The first-order valence-corrected chi connectivity index (χ1v) is 7.40. The van der Waals surface area contributed by atoms with Crippen LogP contribution in [-0.2, 0) is 4.79 Å². The number of unbranched alkanes of at least 4 members (excludes halogenated alkanes) is 7. The number of carbonyl (C=O) groups is 1. The zero-order valence-corrected chi connectivity index (χ0v) is 11.5. The number of hydrogen-bond acceptors (Lipinski definition) is 3. The van der Waals surface area contributed by atoms with Gasteiger partial charge in [0, 0.05) is 24.1 Å². The topological polar surface area (TPSA) is 65.8 Å². The summed E-state index contributed by atoms with van der Waals surface area (Å²) in [5.41, 5.74) is 8.08. The zero-order valence-electron chi connectivity index (χ0n) is 10.7. The largest absolute Gasteiger partial charge is 0.288 e. The van der Waals surface area contributed by atoms with E-state index in [1.165, 1.54) is 50.3 Å². The summed E-state index contributed by atoms with van der Waals surface area (Å²) in [5, 5.41) is 3.73. The van der Waals surface area contributed by atoms with Gasteiger partial charge in [0.25, 0.3) is 0 Å². The van der Waals surface area contributed by atoms with Crippen molar-refractivity contribution >= 4 is 16.9 Å². The summed E-state index contributed by atoms with van der Waals surface area (Å²) in [6, 6.07) is 0. The summed E-state index contributed by atoms with van der Waals surface area (Å²) < 4.78 is 0. The van der Waals surface area contributed by atoms with Gasteiger partial charge in [-0.3, -0.25) is 4.79 Å². The molecule has 0 aliphatic rings. The minimum atomic E-state index is 0.227. The van der Waals surface area contributed by atoms with Crippen molar-refractivity contribution in [3.8, 4) is 0 Å². The van der Waals surface area contributed by atoms with Crippen LogP contribution in [-0.4, -0.2) is 17.4 Å². The van der Waals surface area contributed by atoms with Gasteiger partial charge in [-0.25, -0.2) is 0 Å². The van der Waals surface area contributed by atoms with Crippen LogP contribution in [0.1, 0.15) is 58.3 Å². The maximum atomic E-state index is 10.7. The highest BCUT2D eigenvalue weighted by Crippen LogP contribution is 2.11. The molecule has 0 aliphatic heterocycles. The summed E-state index contributed by atoms with van der Waals surface area (Å²) in [6.07, 6.45) is 9.64. The first-order chi connectivity index (χ1) is 8.27. The summed E-state index contributed by atoms with van der Waals surface area (Å²) in [5.74, 6) is 0.974. The van der Waals surface area contributed by atoms with Crippen LogP contribution in [0.15, 0.2) is 5.11 Å². The average molecular weight is 257 g/mol. The van der Waals surface area contributed by atoms with E-state index in [2.05, 4.69) is 10.0 Å². The van der Waals surface area contributed by atoms with Crippen molar-refractivity contribution in [3.05, 3.63) is 10.4 Å². The number of nitrogens with zero attached hydrogens (tertiary/aromatic N) is 3. The van der Waals surface area contributed by atoms with Crippen molar-refractivity contribution < 1.29 is 4.79 Å². The number of rotatable bonds is 11. The van der Waals surface area contributed by atoms with E-state index in [4.69, 9.17) is 5.53 Å². The summed E-state index contributed by atoms with van der Waals surface area (Å²) in [6.45, 7) is 2.26. The lowest BCUT2D eigenvalue weighted by atomic mass is 10.1. The zero-order chi connectivity index (χ0) is 12.8. The van der Waals surface area contributed by atoms with Crippen molar-refractivity contribution in [2.45, 2.75) is 58.3 Å². The van der Waals surface area contributed by atoms with Crippen LogP contribution in [0, 0.1) is 0 Å². The van der Waals surface area contributed by atoms with E-state index in [-0.39, 0.29) is 5.12 Å². The molecule has 0 aromatic carbocycles. The molecule has 98 valence electrons. The maximum absolute atomic E-state index is 10.7. The molecule has 0 spiro atoms. The van der Waals surface area contributed by atoms with Gasteiger partial charge in [0.1, 0.15) is 0 Å². The summed E-state index contributed by atoms with van der Waals surface area (Å²) >= 11 is 1.43. The molecule has 0 heterocycles. The second kappa shape index (κ2) is 13.4. The highest BCUT2D eigenvalue weighted by Gasteiger charge is 1.95. The van der Waals surface area contributed by atoms with Crippen LogP contribution in [0.5, 0.6) is 0 Å². The highest BCUT2D eigenvalue weighted by atomic mass is 32.2. The van der Waals surface area contributed by atoms with Crippen molar-refractivity contribution in [2.75, 3.05) is 12.3 Å². The highest BCUT2D eigenvalue weighted by molar-refractivity contribution is 8.13. The van der Waals surface area contributed by atoms with Crippen molar-refractivity contribution in [1.29, 1.82) is 0 Å². The smallest absolute Gasteiger partial charge is 0.185 e. The minimum Gasteiger partial charge on any atom is -0.288 e. The lowest BCUT2D eigenvalue weighted by Crippen LogP contribution is -1.87. The summed E-state index contributed by atoms with van der Waals surface area (Å²) in [7, 11) is 0. The molecule has 0 aromatic rings. The molecule has 5 heteroatoms. The second-order valence-electron chi connectivity index (χ2n) is 4.12. The Kier molecular flexibility index (Phi) is 12.9. The van der Waals surface area contributed by atoms with Crippen LogP contribution in [0.25, 0.3) is 10.4 Å². The van der Waals surface area contributed by atoms with Gasteiger partial charge in [0.05, 0.1) is 0 Å². The Morgan fingerprint density at radius 2 is 1.59 bits per heavy atom. The molecule has 0 unspecified atom stereocenters. The first kappa shape index (κ1) is 16.3. The third-order valence-electron chi connectivity index (χ3n) is 2.52. The monoisotopic (exact) mass is 257 g/mol. The molecule has 0 atom stereocenters. The third kappa shape index (κ3) is 15.3. The molecule has 17 heavy (non-hydrogen) atoms. The third-order valence-corrected chi connectivity index (χ3v) is 3.42. The second-order valence-corrected chi connectivity index (χ2v) is 5.39. The van der Waals surface area contributed by atoms with Crippen LogP contribution < -0.4 is 0 Å². The molecule has 0 fully saturated rings. The van der Waals surface area contributed by atoms with E-state index in [1.807, 2.05) is 0 Å². The predicted molar refractivity (Wildman–Crippen MR) is 74.1 cm³/mol. The summed E-state index contributed by atoms with van der Waals surface area (Å²) in [4.78, 5) is 13.4. The molecule has 0 rings (SSSR count). The van der Waals surface area contributed by atoms with Gasteiger partial charge in [0.2, 0.25) is 0 Å². The number of thioether (sulfide) groups is 1. The molecule has 0 radical (unpaired) electrons. The standard InChI is InChI=1S/C12H23N3OS/c1-12(16)17-11-9-7-5-3-2-4-6-8-10-14-15-13/h2-11H2,1H3. The van der Waals surface area contributed by atoms with Gasteiger partial charge in [-0.15, -0.1) is 0 Å². The molecule has 0 saturated carbocycles. The predicted octanol–water partition coefficient (Wildman–Crippen LogP) is 4.70. The Hall–Kier alpha value is -0.670. The minimum absolute atomic E-state index is 0.227. The molecule has 4 nitrogen and oxygen atoms in total. The molecule has 0 aliphatic carbocycles. The van der Waals surface area contributed by atoms with Crippen LogP contribution >= 0.6 is 11.8 Å². The van der Waals surface area contributed by atoms with Gasteiger partial charge in [-0.2, -0.15) is 0 Å². The van der Waals surface area contributed by atoms with Gasteiger partial charge in [-0.05, 0) is 18.4 Å². The van der Waals surface area contributed by atoms with Crippen LogP contribution in [0.4, 0.5) is 0 Å². The van der Waals surface area contributed by atoms with E-state index in [9.17, 15) is 4.79 Å². The molecular weight excluding hydrogens is 234 g/mol. The van der Waals surface area contributed by atoms with E-state index in [1.54, 1.807) is 6.92 Å².